The molecule has 0 radical (unpaired) electrons. The lowest BCUT2D eigenvalue weighted by Gasteiger charge is -2.22. The van der Waals surface area contributed by atoms with Crippen LogP contribution < -0.4 is 15.8 Å². The van der Waals surface area contributed by atoms with Gasteiger partial charge in [0.15, 0.2) is 0 Å². The number of primary amides is 1. The highest BCUT2D eigenvalue weighted by Gasteiger charge is 2.13. The Bertz CT molecular complexity index is 445. The normalized spacial score (nSPS) is 19.1. The number of ether oxygens (including phenoxy) is 1. The van der Waals surface area contributed by atoms with Crippen LogP contribution in [-0.2, 0) is 0 Å². The first-order valence-electron chi connectivity index (χ1n) is 6.59. The van der Waals surface area contributed by atoms with Crippen molar-refractivity contribution < 1.29 is 9.53 Å². The van der Waals surface area contributed by atoms with Crippen LogP contribution in [0.15, 0.2) is 18.2 Å². The highest BCUT2D eigenvalue weighted by molar-refractivity contribution is 6.32. The highest BCUT2D eigenvalue weighted by atomic mass is 35.5. The van der Waals surface area contributed by atoms with Crippen LogP contribution in [0, 0.1) is 5.92 Å². The van der Waals surface area contributed by atoms with Gasteiger partial charge in [0.2, 0.25) is 5.91 Å². The van der Waals surface area contributed by atoms with Gasteiger partial charge >= 0.3 is 0 Å². The van der Waals surface area contributed by atoms with Crippen molar-refractivity contribution in [3.05, 3.63) is 28.8 Å². The molecule has 1 fully saturated rings. The molecule has 1 amide bonds. The second-order valence-electron chi connectivity index (χ2n) is 4.86. The van der Waals surface area contributed by atoms with Gasteiger partial charge in [-0.05, 0) is 56.5 Å². The van der Waals surface area contributed by atoms with E-state index in [4.69, 9.17) is 22.1 Å². The molecule has 2 rings (SSSR count). The number of carbonyl (C=O) groups is 1. The van der Waals surface area contributed by atoms with Crippen LogP contribution >= 0.6 is 11.6 Å². The first-order valence-corrected chi connectivity index (χ1v) is 6.97. The molecular weight excluding hydrogens is 264 g/mol. The quantitative estimate of drug-likeness (QED) is 0.870. The van der Waals surface area contributed by atoms with E-state index >= 15 is 0 Å². The Morgan fingerprint density at radius 2 is 2.37 bits per heavy atom. The number of carbonyl (C=O) groups excluding carboxylic acids is 1. The van der Waals surface area contributed by atoms with Crippen molar-refractivity contribution >= 4 is 17.5 Å². The van der Waals surface area contributed by atoms with E-state index < -0.39 is 5.91 Å². The average Bonchev–Trinajstić information content (AvgIpc) is 2.41. The van der Waals surface area contributed by atoms with Gasteiger partial charge in [-0.1, -0.05) is 11.6 Å². The second-order valence-corrected chi connectivity index (χ2v) is 5.27. The van der Waals surface area contributed by atoms with Gasteiger partial charge in [0.1, 0.15) is 5.75 Å². The summed E-state index contributed by atoms with van der Waals surface area (Å²) in [5, 5.41) is 3.81. The fourth-order valence-corrected chi connectivity index (χ4v) is 2.51. The largest absolute Gasteiger partial charge is 0.492 e. The molecular formula is C14H19ClN2O2. The first-order chi connectivity index (χ1) is 9.16. The molecule has 3 N–H and O–H groups in total. The molecule has 1 aliphatic heterocycles. The fourth-order valence-electron chi connectivity index (χ4n) is 2.28. The molecule has 1 atom stereocenters. The van der Waals surface area contributed by atoms with Crippen LogP contribution in [0.3, 0.4) is 0 Å². The maximum absolute atomic E-state index is 11.0. The van der Waals surface area contributed by atoms with Crippen LogP contribution in [0.25, 0.3) is 0 Å². The number of piperidine rings is 1. The number of rotatable bonds is 5. The Morgan fingerprint density at radius 3 is 3.00 bits per heavy atom. The molecule has 1 aromatic rings. The molecule has 1 unspecified atom stereocenters. The molecule has 1 heterocycles. The molecule has 0 aromatic heterocycles. The van der Waals surface area contributed by atoms with E-state index in [0.29, 0.717) is 28.9 Å². The molecule has 19 heavy (non-hydrogen) atoms. The summed E-state index contributed by atoms with van der Waals surface area (Å²) in [6.07, 6.45) is 3.50. The number of halogens is 1. The minimum Gasteiger partial charge on any atom is -0.492 e. The number of nitrogens with two attached hydrogens (primary N) is 1. The Balaban J connectivity index is 1.83. The Morgan fingerprint density at radius 1 is 1.53 bits per heavy atom. The average molecular weight is 283 g/mol. The lowest BCUT2D eigenvalue weighted by molar-refractivity contribution is 0.100. The summed E-state index contributed by atoms with van der Waals surface area (Å²) in [6, 6.07) is 4.87. The molecule has 5 heteroatoms. The summed E-state index contributed by atoms with van der Waals surface area (Å²) < 4.78 is 5.66. The topological polar surface area (TPSA) is 64.4 Å². The van der Waals surface area contributed by atoms with Crippen LogP contribution in [0.1, 0.15) is 29.6 Å². The minimum atomic E-state index is -0.485. The van der Waals surface area contributed by atoms with E-state index in [9.17, 15) is 4.79 Å². The second kappa shape index (κ2) is 6.78. The number of nitrogens with one attached hydrogen (secondary N) is 1. The molecule has 1 aromatic carbocycles. The van der Waals surface area contributed by atoms with Gasteiger partial charge in [0.25, 0.3) is 0 Å². The van der Waals surface area contributed by atoms with Gasteiger partial charge < -0.3 is 15.8 Å². The number of benzene rings is 1. The minimum absolute atomic E-state index is 0.397. The molecule has 1 saturated heterocycles. The zero-order valence-electron chi connectivity index (χ0n) is 10.8. The number of amides is 1. The predicted octanol–water partition coefficient (Wildman–Crippen LogP) is 2.21. The van der Waals surface area contributed by atoms with Gasteiger partial charge in [-0.25, -0.2) is 0 Å². The van der Waals surface area contributed by atoms with E-state index in [-0.39, 0.29) is 0 Å². The molecule has 0 saturated carbocycles. The maximum atomic E-state index is 11.0. The third-order valence-corrected chi connectivity index (χ3v) is 3.69. The van der Waals surface area contributed by atoms with Crippen LogP contribution in [0.4, 0.5) is 0 Å². The van der Waals surface area contributed by atoms with Gasteiger partial charge in [-0.2, -0.15) is 0 Å². The van der Waals surface area contributed by atoms with E-state index in [1.807, 2.05) is 0 Å². The van der Waals surface area contributed by atoms with Gasteiger partial charge in [-0.15, -0.1) is 0 Å². The molecule has 104 valence electrons. The zero-order chi connectivity index (χ0) is 13.7. The molecule has 1 aliphatic rings. The summed E-state index contributed by atoms with van der Waals surface area (Å²) in [5.41, 5.74) is 5.58. The summed E-state index contributed by atoms with van der Waals surface area (Å²) in [5.74, 6) is 0.801. The predicted molar refractivity (Wildman–Crippen MR) is 75.7 cm³/mol. The summed E-state index contributed by atoms with van der Waals surface area (Å²) >= 11 is 6.05. The lowest BCUT2D eigenvalue weighted by Crippen LogP contribution is -2.30. The van der Waals surface area contributed by atoms with Gasteiger partial charge in [-0.3, -0.25) is 4.79 Å². The summed E-state index contributed by atoms with van der Waals surface area (Å²) in [4.78, 5) is 11.0. The van der Waals surface area contributed by atoms with Crippen LogP contribution in [0.5, 0.6) is 5.75 Å². The third kappa shape index (κ3) is 4.11. The van der Waals surface area contributed by atoms with Crippen molar-refractivity contribution in [2.24, 2.45) is 11.7 Å². The van der Waals surface area contributed by atoms with Crippen molar-refractivity contribution in [3.63, 3.8) is 0 Å². The SMILES string of the molecule is NC(=O)c1ccc(OCCC2CCCNC2)c(Cl)c1. The van der Waals surface area contributed by atoms with Crippen LogP contribution in [0.2, 0.25) is 5.02 Å². The monoisotopic (exact) mass is 282 g/mol. The van der Waals surface area contributed by atoms with Crippen LogP contribution in [-0.4, -0.2) is 25.6 Å². The van der Waals surface area contributed by atoms with Gasteiger partial charge in [0.05, 0.1) is 11.6 Å². The number of hydrogen-bond donors (Lipinski definition) is 2. The zero-order valence-corrected chi connectivity index (χ0v) is 11.6. The molecule has 0 bridgehead atoms. The Labute approximate surface area is 118 Å². The highest BCUT2D eigenvalue weighted by Crippen LogP contribution is 2.26. The van der Waals surface area contributed by atoms with Crippen molar-refractivity contribution in [2.45, 2.75) is 19.3 Å². The van der Waals surface area contributed by atoms with Crippen molar-refractivity contribution in [2.75, 3.05) is 19.7 Å². The van der Waals surface area contributed by atoms with Gasteiger partial charge in [0, 0.05) is 5.56 Å². The Hall–Kier alpha value is -1.26. The first kappa shape index (κ1) is 14.2. The van der Waals surface area contributed by atoms with E-state index in [1.54, 1.807) is 18.2 Å². The smallest absolute Gasteiger partial charge is 0.248 e. The molecule has 4 nitrogen and oxygen atoms in total. The van der Waals surface area contributed by atoms with Crippen molar-refractivity contribution in [1.29, 1.82) is 0 Å². The molecule has 0 aliphatic carbocycles. The Kier molecular flexibility index (Phi) is 5.05. The standard InChI is InChI=1S/C14H19ClN2O2/c15-12-8-11(14(16)18)3-4-13(12)19-7-5-10-2-1-6-17-9-10/h3-4,8,10,17H,1-2,5-7,9H2,(H2,16,18). The van der Waals surface area contributed by atoms with Crippen molar-refractivity contribution in [1.82, 2.24) is 5.32 Å². The van der Waals surface area contributed by atoms with Crippen molar-refractivity contribution in [3.8, 4) is 5.75 Å². The molecule has 0 spiro atoms. The summed E-state index contributed by atoms with van der Waals surface area (Å²) in [7, 11) is 0. The third-order valence-electron chi connectivity index (χ3n) is 3.40. The number of hydrogen-bond acceptors (Lipinski definition) is 3. The lowest BCUT2D eigenvalue weighted by atomic mass is 9.97. The van der Waals surface area contributed by atoms with E-state index in [1.165, 1.54) is 12.8 Å². The van der Waals surface area contributed by atoms with E-state index in [2.05, 4.69) is 5.32 Å². The van der Waals surface area contributed by atoms with E-state index in [0.717, 1.165) is 19.5 Å². The summed E-state index contributed by atoms with van der Waals surface area (Å²) in [6.45, 7) is 2.83. The maximum Gasteiger partial charge on any atom is 0.248 e. The fraction of sp³-hybridized carbons (Fsp3) is 0.500.